The topological polar surface area (TPSA) is 44.5 Å². The van der Waals surface area contributed by atoms with E-state index in [0.717, 1.165) is 5.56 Å². The maximum atomic E-state index is 5.84. The van der Waals surface area contributed by atoms with E-state index < -0.39 is 0 Å². The molecule has 1 aromatic carbocycles. The number of hydrogen-bond acceptors (Lipinski definition) is 3. The number of anilines is 1. The van der Waals surface area contributed by atoms with E-state index >= 15 is 0 Å². The highest BCUT2D eigenvalue weighted by atomic mass is 35.5. The van der Waals surface area contributed by atoms with Crippen LogP contribution in [0, 0.1) is 0 Å². The first-order valence-electron chi connectivity index (χ1n) is 4.05. The highest BCUT2D eigenvalue weighted by Gasteiger charge is 2.18. The molecule has 0 radical (unpaired) electrons. The van der Waals surface area contributed by atoms with E-state index in [-0.39, 0.29) is 6.29 Å². The Bertz CT molecular complexity index is 290. The average molecular weight is 200 g/mol. The van der Waals surface area contributed by atoms with Crippen molar-refractivity contribution in [2.45, 2.75) is 6.29 Å². The van der Waals surface area contributed by atoms with Gasteiger partial charge in [-0.15, -0.1) is 0 Å². The lowest BCUT2D eigenvalue weighted by Gasteiger charge is -2.10. The van der Waals surface area contributed by atoms with Crippen molar-refractivity contribution in [3.63, 3.8) is 0 Å². The number of nitrogen functional groups attached to an aromatic ring is 1. The summed E-state index contributed by atoms with van der Waals surface area (Å²) in [5.74, 6) is 0. The second kappa shape index (κ2) is 3.54. The quantitative estimate of drug-likeness (QED) is 0.704. The lowest BCUT2D eigenvalue weighted by Crippen LogP contribution is -1.99. The second-order valence-corrected chi connectivity index (χ2v) is 3.33. The van der Waals surface area contributed by atoms with Gasteiger partial charge in [0, 0.05) is 16.3 Å². The second-order valence-electron chi connectivity index (χ2n) is 2.89. The normalized spacial score (nSPS) is 17.9. The molecule has 0 bridgehead atoms. The fourth-order valence-electron chi connectivity index (χ4n) is 1.32. The van der Waals surface area contributed by atoms with Gasteiger partial charge in [0.15, 0.2) is 6.29 Å². The highest BCUT2D eigenvalue weighted by Crippen LogP contribution is 2.27. The molecule has 1 aliphatic heterocycles. The minimum atomic E-state index is -0.305. The summed E-state index contributed by atoms with van der Waals surface area (Å²) in [4.78, 5) is 0. The van der Waals surface area contributed by atoms with Crippen LogP contribution in [-0.4, -0.2) is 13.2 Å². The molecule has 1 fully saturated rings. The van der Waals surface area contributed by atoms with Crippen molar-refractivity contribution < 1.29 is 9.47 Å². The summed E-state index contributed by atoms with van der Waals surface area (Å²) >= 11 is 5.84. The summed E-state index contributed by atoms with van der Waals surface area (Å²) in [5, 5.41) is 0.606. The molecule has 1 aliphatic rings. The summed E-state index contributed by atoms with van der Waals surface area (Å²) in [7, 11) is 0. The molecule has 70 valence electrons. The Hall–Kier alpha value is -0.770. The van der Waals surface area contributed by atoms with Crippen LogP contribution in [0.4, 0.5) is 5.69 Å². The molecule has 2 rings (SSSR count). The Labute approximate surface area is 81.4 Å². The fourth-order valence-corrected chi connectivity index (χ4v) is 1.57. The molecule has 0 unspecified atom stereocenters. The van der Waals surface area contributed by atoms with Crippen molar-refractivity contribution in [1.82, 2.24) is 0 Å². The molecule has 1 aromatic rings. The third-order valence-corrected chi connectivity index (χ3v) is 2.05. The van der Waals surface area contributed by atoms with Gasteiger partial charge in [-0.2, -0.15) is 0 Å². The van der Waals surface area contributed by atoms with Crippen molar-refractivity contribution >= 4 is 17.3 Å². The van der Waals surface area contributed by atoms with Gasteiger partial charge in [-0.1, -0.05) is 11.6 Å². The van der Waals surface area contributed by atoms with Crippen molar-refractivity contribution in [3.05, 3.63) is 28.8 Å². The molecule has 0 saturated carbocycles. The minimum absolute atomic E-state index is 0.305. The third kappa shape index (κ3) is 1.94. The lowest BCUT2D eigenvalue weighted by atomic mass is 10.2. The monoisotopic (exact) mass is 199 g/mol. The van der Waals surface area contributed by atoms with Crippen LogP contribution in [0.15, 0.2) is 18.2 Å². The fraction of sp³-hybridized carbons (Fsp3) is 0.333. The highest BCUT2D eigenvalue weighted by molar-refractivity contribution is 6.30. The minimum Gasteiger partial charge on any atom is -0.399 e. The van der Waals surface area contributed by atoms with Crippen LogP contribution in [0.3, 0.4) is 0 Å². The van der Waals surface area contributed by atoms with Gasteiger partial charge in [0.1, 0.15) is 0 Å². The molecule has 4 heteroatoms. The Kier molecular flexibility index (Phi) is 2.40. The van der Waals surface area contributed by atoms with E-state index in [4.69, 9.17) is 26.8 Å². The van der Waals surface area contributed by atoms with Gasteiger partial charge < -0.3 is 15.2 Å². The molecule has 13 heavy (non-hydrogen) atoms. The van der Waals surface area contributed by atoms with Gasteiger partial charge in [-0.25, -0.2) is 0 Å². The summed E-state index contributed by atoms with van der Waals surface area (Å²) < 4.78 is 10.6. The summed E-state index contributed by atoms with van der Waals surface area (Å²) in [6.45, 7) is 1.24. The zero-order chi connectivity index (χ0) is 9.26. The van der Waals surface area contributed by atoms with Gasteiger partial charge in [-0.3, -0.25) is 0 Å². The van der Waals surface area contributed by atoms with Crippen LogP contribution < -0.4 is 5.73 Å². The first-order chi connectivity index (χ1) is 6.25. The van der Waals surface area contributed by atoms with E-state index in [1.807, 2.05) is 6.07 Å². The molecule has 0 atom stereocenters. The van der Waals surface area contributed by atoms with Gasteiger partial charge in [0.05, 0.1) is 13.2 Å². The summed E-state index contributed by atoms with van der Waals surface area (Å²) in [6, 6.07) is 5.30. The zero-order valence-electron chi connectivity index (χ0n) is 7.00. The SMILES string of the molecule is Nc1cc(Cl)cc(C2OCCO2)c1. The van der Waals surface area contributed by atoms with Crippen LogP contribution in [0.5, 0.6) is 0 Å². The Morgan fingerprint density at radius 2 is 1.92 bits per heavy atom. The molecule has 0 spiro atoms. The average Bonchev–Trinajstić information content (AvgIpc) is 2.53. The van der Waals surface area contributed by atoms with Crippen LogP contribution in [-0.2, 0) is 9.47 Å². The van der Waals surface area contributed by atoms with E-state index in [1.165, 1.54) is 0 Å². The van der Waals surface area contributed by atoms with E-state index in [0.29, 0.717) is 23.9 Å². The van der Waals surface area contributed by atoms with Gasteiger partial charge in [-0.05, 0) is 18.2 Å². The number of rotatable bonds is 1. The van der Waals surface area contributed by atoms with E-state index in [1.54, 1.807) is 12.1 Å². The number of ether oxygens (including phenoxy) is 2. The molecule has 3 nitrogen and oxygen atoms in total. The van der Waals surface area contributed by atoms with E-state index in [2.05, 4.69) is 0 Å². The largest absolute Gasteiger partial charge is 0.399 e. The van der Waals surface area contributed by atoms with Gasteiger partial charge >= 0.3 is 0 Å². The molecule has 2 N–H and O–H groups in total. The number of halogens is 1. The molecule has 1 saturated heterocycles. The number of hydrogen-bond donors (Lipinski definition) is 1. The maximum absolute atomic E-state index is 5.84. The number of nitrogens with two attached hydrogens (primary N) is 1. The first kappa shape index (κ1) is 8.81. The molecule has 0 amide bonds. The Morgan fingerprint density at radius 3 is 2.54 bits per heavy atom. The van der Waals surface area contributed by atoms with Crippen molar-refractivity contribution in [1.29, 1.82) is 0 Å². The maximum Gasteiger partial charge on any atom is 0.184 e. The smallest absolute Gasteiger partial charge is 0.184 e. The van der Waals surface area contributed by atoms with Crippen molar-refractivity contribution in [3.8, 4) is 0 Å². The predicted molar refractivity (Wildman–Crippen MR) is 50.5 cm³/mol. The number of benzene rings is 1. The lowest BCUT2D eigenvalue weighted by molar-refractivity contribution is -0.0440. The van der Waals surface area contributed by atoms with Crippen molar-refractivity contribution in [2.75, 3.05) is 18.9 Å². The summed E-state index contributed by atoms with van der Waals surface area (Å²) in [6.07, 6.45) is -0.305. The van der Waals surface area contributed by atoms with Gasteiger partial charge in [0.2, 0.25) is 0 Å². The van der Waals surface area contributed by atoms with Crippen LogP contribution in [0.1, 0.15) is 11.9 Å². The third-order valence-electron chi connectivity index (χ3n) is 1.84. The van der Waals surface area contributed by atoms with Crippen LogP contribution >= 0.6 is 11.6 Å². The predicted octanol–water partition coefficient (Wildman–Crippen LogP) is 1.97. The van der Waals surface area contributed by atoms with Crippen molar-refractivity contribution in [2.24, 2.45) is 0 Å². The van der Waals surface area contributed by atoms with Gasteiger partial charge in [0.25, 0.3) is 0 Å². The molecular weight excluding hydrogens is 190 g/mol. The molecule has 1 heterocycles. The first-order valence-corrected chi connectivity index (χ1v) is 4.43. The Morgan fingerprint density at radius 1 is 1.23 bits per heavy atom. The van der Waals surface area contributed by atoms with Crippen LogP contribution in [0.25, 0.3) is 0 Å². The van der Waals surface area contributed by atoms with E-state index in [9.17, 15) is 0 Å². The van der Waals surface area contributed by atoms with Crippen LogP contribution in [0.2, 0.25) is 5.02 Å². The molecule has 0 aliphatic carbocycles. The molecular formula is C9H10ClNO2. The Balaban J connectivity index is 2.28. The standard InChI is InChI=1S/C9H10ClNO2/c10-7-3-6(4-8(11)5-7)9-12-1-2-13-9/h3-5,9H,1-2,11H2. The molecule has 0 aromatic heterocycles. The zero-order valence-corrected chi connectivity index (χ0v) is 7.75. The summed E-state index contributed by atoms with van der Waals surface area (Å²) in [5.41, 5.74) is 7.14.